The van der Waals surface area contributed by atoms with Gasteiger partial charge in [0.15, 0.2) is 0 Å². The van der Waals surface area contributed by atoms with Crippen molar-refractivity contribution >= 4 is 29.5 Å². The van der Waals surface area contributed by atoms with Crippen molar-refractivity contribution in [1.82, 2.24) is 15.8 Å². The summed E-state index contributed by atoms with van der Waals surface area (Å²) in [5, 5.41) is 19.8. The van der Waals surface area contributed by atoms with Gasteiger partial charge < -0.3 is 25.0 Å². The quantitative estimate of drug-likeness (QED) is 0.365. The molecule has 3 N–H and O–H groups in total. The molecule has 0 unspecified atom stereocenters. The molecule has 1 aromatic heterocycles. The average Bonchev–Trinajstić information content (AvgIpc) is 3.47. The predicted octanol–water partition coefficient (Wildman–Crippen LogP) is 4.50. The zero-order chi connectivity index (χ0) is 27.2. The molecule has 2 atom stereocenters. The molecule has 0 radical (unpaired) electrons. The van der Waals surface area contributed by atoms with Gasteiger partial charge in [0.2, 0.25) is 11.7 Å². The van der Waals surface area contributed by atoms with Crippen molar-refractivity contribution in [2.45, 2.75) is 101 Å². The van der Waals surface area contributed by atoms with Crippen molar-refractivity contribution < 1.29 is 28.8 Å². The summed E-state index contributed by atoms with van der Waals surface area (Å²) in [7, 11) is 0. The van der Waals surface area contributed by atoms with Gasteiger partial charge in [0.25, 0.3) is 11.8 Å². The monoisotopic (exact) mass is 547 g/mol. The molecule has 1 aromatic rings. The van der Waals surface area contributed by atoms with Crippen LogP contribution in [0.5, 0.6) is 5.88 Å². The highest BCUT2D eigenvalue weighted by Gasteiger charge is 2.49. The van der Waals surface area contributed by atoms with Gasteiger partial charge >= 0.3 is 5.97 Å². The van der Waals surface area contributed by atoms with Gasteiger partial charge in [-0.05, 0) is 94.0 Å². The lowest BCUT2D eigenvalue weighted by Crippen LogP contribution is -2.55. The summed E-state index contributed by atoms with van der Waals surface area (Å²) >= 11 is 1.48. The molecule has 210 valence electrons. The average molecular weight is 548 g/mol. The van der Waals surface area contributed by atoms with E-state index in [0.29, 0.717) is 36.0 Å². The van der Waals surface area contributed by atoms with Gasteiger partial charge in [-0.25, -0.2) is 0 Å². The fourth-order valence-electron chi connectivity index (χ4n) is 7.39. The number of nitrogens with one attached hydrogen (secondary N) is 2. The Labute approximate surface area is 228 Å². The number of thioether (sulfide) groups is 1. The number of nitrogens with zero attached hydrogens (tertiary/aromatic N) is 1. The number of amides is 2. The van der Waals surface area contributed by atoms with Crippen molar-refractivity contribution in [2.24, 2.45) is 35.5 Å². The van der Waals surface area contributed by atoms with Gasteiger partial charge in [0.1, 0.15) is 11.5 Å². The summed E-state index contributed by atoms with van der Waals surface area (Å²) in [6.45, 7) is 7.91. The van der Waals surface area contributed by atoms with Crippen LogP contribution in [0.2, 0.25) is 0 Å². The highest BCUT2D eigenvalue weighted by molar-refractivity contribution is 8.00. The molecule has 2 amide bonds. The highest BCUT2D eigenvalue weighted by Crippen LogP contribution is 2.53. The molecule has 9 nitrogen and oxygen atoms in total. The van der Waals surface area contributed by atoms with E-state index in [4.69, 9.17) is 9.26 Å². The maximum atomic E-state index is 13.4. The van der Waals surface area contributed by atoms with Crippen LogP contribution in [0.25, 0.3) is 0 Å². The second kappa shape index (κ2) is 10.7. The van der Waals surface area contributed by atoms with Crippen LogP contribution in [0.15, 0.2) is 9.42 Å². The Balaban J connectivity index is 1.22. The maximum absolute atomic E-state index is 13.4. The molecule has 4 bridgehead atoms. The lowest BCUT2D eigenvalue weighted by atomic mass is 9.54. The number of hydrogen-bond donors (Lipinski definition) is 3. The predicted molar refractivity (Wildman–Crippen MR) is 142 cm³/mol. The molecular formula is C28H41N3O6S. The van der Waals surface area contributed by atoms with Crippen LogP contribution in [0.3, 0.4) is 0 Å². The van der Waals surface area contributed by atoms with E-state index >= 15 is 0 Å². The first-order valence-corrected chi connectivity index (χ1v) is 15.0. The van der Waals surface area contributed by atoms with Crippen LogP contribution < -0.4 is 15.4 Å². The van der Waals surface area contributed by atoms with Crippen molar-refractivity contribution in [3.63, 3.8) is 0 Å². The topological polar surface area (TPSA) is 131 Å². The fraction of sp³-hybridized carbons (Fsp3) is 0.786. The number of hydrogen-bond acceptors (Lipinski definition) is 7. The Hall–Kier alpha value is -2.23. The Bertz CT molecular complexity index is 1040. The molecule has 5 fully saturated rings. The van der Waals surface area contributed by atoms with Crippen LogP contribution in [0.1, 0.15) is 89.6 Å². The largest absolute Gasteiger partial charge is 0.481 e. The van der Waals surface area contributed by atoms with Gasteiger partial charge in [-0.3, -0.25) is 14.4 Å². The molecule has 6 rings (SSSR count). The van der Waals surface area contributed by atoms with E-state index in [-0.39, 0.29) is 47.3 Å². The first kappa shape index (κ1) is 27.3. The van der Waals surface area contributed by atoms with Gasteiger partial charge in [-0.1, -0.05) is 13.8 Å². The van der Waals surface area contributed by atoms with Crippen molar-refractivity contribution in [1.29, 1.82) is 0 Å². The van der Waals surface area contributed by atoms with E-state index in [0.717, 1.165) is 11.8 Å². The third-order valence-corrected chi connectivity index (χ3v) is 9.96. The number of carbonyl (C=O) groups is 3. The zero-order valence-electron chi connectivity index (χ0n) is 22.8. The van der Waals surface area contributed by atoms with Crippen LogP contribution in [0, 0.1) is 35.5 Å². The van der Waals surface area contributed by atoms with E-state index in [1.807, 2.05) is 27.7 Å². The Morgan fingerprint density at radius 1 is 1.05 bits per heavy atom. The highest BCUT2D eigenvalue weighted by atomic mass is 32.2. The lowest BCUT2D eigenvalue weighted by Gasteiger charge is -2.54. The Morgan fingerprint density at radius 2 is 1.68 bits per heavy atom. The SMILES string of the molecule is CC(C)Sc1c(OCC(C)(C)NC(=O)[C@H]2CC[C@@H](C(=O)O)C2)noc1C(=O)NC1C2CC3CC(C2)CC1C3. The molecule has 0 aromatic carbocycles. The van der Waals surface area contributed by atoms with Gasteiger partial charge in [-0.15, -0.1) is 11.8 Å². The minimum atomic E-state index is -0.841. The van der Waals surface area contributed by atoms with Crippen LogP contribution >= 0.6 is 11.8 Å². The lowest BCUT2D eigenvalue weighted by molar-refractivity contribution is -0.141. The molecule has 1 heterocycles. The maximum Gasteiger partial charge on any atom is 0.306 e. The fourth-order valence-corrected chi connectivity index (χ4v) is 8.29. The summed E-state index contributed by atoms with van der Waals surface area (Å²) in [5.41, 5.74) is -0.722. The molecule has 5 saturated carbocycles. The van der Waals surface area contributed by atoms with Gasteiger partial charge in [0, 0.05) is 17.2 Å². The molecule has 0 saturated heterocycles. The van der Waals surface area contributed by atoms with Crippen molar-refractivity contribution in [3.05, 3.63) is 5.76 Å². The number of rotatable bonds is 10. The standard InChI is InChI=1S/C28H41N3O6S/c1-14(2)38-23-22(25(33)29-21-19-8-15-7-16(10-19)11-20(21)9-15)37-31-26(23)36-13-28(3,4)30-24(32)17-5-6-18(12-17)27(34)35/h14-21H,5-13H2,1-4H3,(H,29,33)(H,30,32)(H,34,35)/t15?,16?,17-,18+,19?,20?,21?/m0/s1. The van der Waals surface area contributed by atoms with Crippen LogP contribution in [-0.2, 0) is 9.59 Å². The number of ether oxygens (including phenoxy) is 1. The normalized spacial score (nSPS) is 32.0. The van der Waals surface area contributed by atoms with Crippen molar-refractivity contribution in [2.75, 3.05) is 6.61 Å². The number of carboxylic acid groups (broad SMARTS) is 1. The van der Waals surface area contributed by atoms with E-state index in [1.54, 1.807) is 0 Å². The van der Waals surface area contributed by atoms with Gasteiger partial charge in [0.05, 0.1) is 11.5 Å². The summed E-state index contributed by atoms with van der Waals surface area (Å²) in [5.74, 6) is 1.24. The van der Waals surface area contributed by atoms with E-state index in [1.165, 1.54) is 43.9 Å². The van der Waals surface area contributed by atoms with E-state index in [9.17, 15) is 19.5 Å². The summed E-state index contributed by atoms with van der Waals surface area (Å²) in [4.78, 5) is 38.0. The Kier molecular flexibility index (Phi) is 7.73. The summed E-state index contributed by atoms with van der Waals surface area (Å²) in [6.07, 6.45) is 7.69. The van der Waals surface area contributed by atoms with E-state index < -0.39 is 17.4 Å². The second-order valence-electron chi connectivity index (χ2n) is 12.9. The molecule has 5 aliphatic rings. The first-order chi connectivity index (χ1) is 18.0. The smallest absolute Gasteiger partial charge is 0.306 e. The number of carboxylic acids is 1. The molecule has 38 heavy (non-hydrogen) atoms. The molecule has 0 spiro atoms. The van der Waals surface area contributed by atoms with Crippen LogP contribution in [0.4, 0.5) is 0 Å². The summed E-state index contributed by atoms with van der Waals surface area (Å²) < 4.78 is 11.6. The summed E-state index contributed by atoms with van der Waals surface area (Å²) in [6, 6.07) is 0.201. The first-order valence-electron chi connectivity index (χ1n) is 14.1. The minimum Gasteiger partial charge on any atom is -0.481 e. The van der Waals surface area contributed by atoms with Gasteiger partial charge in [-0.2, -0.15) is 0 Å². The molecule has 10 heteroatoms. The number of carbonyl (C=O) groups excluding carboxylic acids is 2. The third kappa shape index (κ3) is 5.84. The Morgan fingerprint density at radius 3 is 2.26 bits per heavy atom. The molecular weight excluding hydrogens is 506 g/mol. The molecule has 5 aliphatic carbocycles. The number of aromatic nitrogens is 1. The molecule has 0 aliphatic heterocycles. The number of aliphatic carboxylic acids is 1. The van der Waals surface area contributed by atoms with Crippen molar-refractivity contribution in [3.8, 4) is 5.88 Å². The van der Waals surface area contributed by atoms with E-state index in [2.05, 4.69) is 15.8 Å². The third-order valence-electron chi connectivity index (χ3n) is 8.89. The second-order valence-corrected chi connectivity index (χ2v) is 14.5. The van der Waals surface area contributed by atoms with Crippen LogP contribution in [-0.4, -0.2) is 51.5 Å². The minimum absolute atomic E-state index is 0.128. The zero-order valence-corrected chi connectivity index (χ0v) is 23.6.